The third kappa shape index (κ3) is 2.94. The van der Waals surface area contributed by atoms with E-state index in [9.17, 15) is 4.79 Å². The molecule has 0 spiro atoms. The van der Waals surface area contributed by atoms with Gasteiger partial charge in [-0.1, -0.05) is 20.8 Å². The van der Waals surface area contributed by atoms with Crippen molar-refractivity contribution in [3.05, 3.63) is 29.0 Å². The number of carbonyl (C=O) groups excluding carboxylic acids is 1. The second-order valence-corrected chi connectivity index (χ2v) is 9.13. The van der Waals surface area contributed by atoms with Gasteiger partial charge in [-0.25, -0.2) is 15.0 Å². The Labute approximate surface area is 158 Å². The highest BCUT2D eigenvalue weighted by Crippen LogP contribution is 2.61. The van der Waals surface area contributed by atoms with Crippen LogP contribution in [0.3, 0.4) is 0 Å². The van der Waals surface area contributed by atoms with Crippen LogP contribution in [0.4, 0.5) is 0 Å². The van der Waals surface area contributed by atoms with Crippen LogP contribution in [0, 0.1) is 23.2 Å². The van der Waals surface area contributed by atoms with Gasteiger partial charge in [-0.2, -0.15) is 0 Å². The predicted octanol–water partition coefficient (Wildman–Crippen LogP) is 3.96. The number of aryl methyl sites for hydroxylation is 1. The molecule has 3 saturated carbocycles. The van der Waals surface area contributed by atoms with Crippen LogP contribution in [0.2, 0.25) is 0 Å². The zero-order chi connectivity index (χ0) is 18.3. The maximum absolute atomic E-state index is 12.8. The van der Waals surface area contributed by atoms with E-state index >= 15 is 0 Å². The molecule has 3 aliphatic carbocycles. The first-order valence-electron chi connectivity index (χ1n) is 9.56. The van der Waals surface area contributed by atoms with Crippen molar-refractivity contribution in [3.63, 3.8) is 0 Å². The molecular formula is C20H26N4OS. The average Bonchev–Trinajstić information content (AvgIpc) is 3.11. The highest BCUT2D eigenvalue weighted by Gasteiger charge is 2.53. The summed E-state index contributed by atoms with van der Waals surface area (Å²) in [5.74, 6) is 2.83. The standard InChI is InChI=1S/C20H26N4OS/c1-4-15-16(26-19(24-15)17-21-8-5-9-22-17)18(25)23-11-12-6-7-13-10-14(12)20(13,2)3/h5,8-9,12-14H,4,6-7,10-11H2,1-3H3,(H,23,25)/t12-,13?,14?/m0/s1. The molecule has 3 atom stereocenters. The molecule has 138 valence electrons. The lowest BCUT2D eigenvalue weighted by molar-refractivity contribution is -0.103. The number of thiazole rings is 1. The summed E-state index contributed by atoms with van der Waals surface area (Å²) in [6.07, 6.45) is 8.01. The molecule has 1 N–H and O–H groups in total. The summed E-state index contributed by atoms with van der Waals surface area (Å²) in [4.78, 5) is 26.6. The molecule has 2 bridgehead atoms. The Morgan fingerprint density at radius 1 is 1.31 bits per heavy atom. The van der Waals surface area contributed by atoms with Crippen molar-refractivity contribution in [2.75, 3.05) is 6.54 Å². The number of hydrogen-bond acceptors (Lipinski definition) is 5. The van der Waals surface area contributed by atoms with Gasteiger partial charge in [0.1, 0.15) is 4.88 Å². The number of carbonyl (C=O) groups is 1. The van der Waals surface area contributed by atoms with Crippen LogP contribution in [0.25, 0.3) is 10.8 Å². The number of hydrogen-bond donors (Lipinski definition) is 1. The molecule has 3 aliphatic rings. The van der Waals surface area contributed by atoms with Crippen LogP contribution in [-0.4, -0.2) is 27.4 Å². The van der Waals surface area contributed by atoms with Gasteiger partial charge in [0.25, 0.3) is 5.91 Å². The molecule has 3 fully saturated rings. The number of nitrogens with one attached hydrogen (secondary N) is 1. The molecule has 0 saturated heterocycles. The van der Waals surface area contributed by atoms with Gasteiger partial charge in [0.15, 0.2) is 10.8 Å². The SMILES string of the molecule is CCc1nc(-c2ncccn2)sc1C(=O)NC[C@@H]1CCC2CC1C2(C)C. The molecule has 0 radical (unpaired) electrons. The van der Waals surface area contributed by atoms with Gasteiger partial charge in [-0.3, -0.25) is 4.79 Å². The quantitative estimate of drug-likeness (QED) is 0.865. The lowest BCUT2D eigenvalue weighted by Crippen LogP contribution is -2.54. The van der Waals surface area contributed by atoms with Crippen molar-refractivity contribution in [3.8, 4) is 10.8 Å². The number of nitrogens with zero attached hydrogens (tertiary/aromatic N) is 3. The van der Waals surface area contributed by atoms with E-state index in [0.29, 0.717) is 27.0 Å². The minimum atomic E-state index is 0.000726. The second kappa shape index (κ2) is 6.72. The molecule has 26 heavy (non-hydrogen) atoms. The largest absolute Gasteiger partial charge is 0.351 e. The first-order valence-corrected chi connectivity index (χ1v) is 10.4. The van der Waals surface area contributed by atoms with E-state index in [2.05, 4.69) is 34.1 Å². The monoisotopic (exact) mass is 370 g/mol. The van der Waals surface area contributed by atoms with Crippen molar-refractivity contribution < 1.29 is 4.79 Å². The molecule has 0 aliphatic heterocycles. The number of amides is 1. The van der Waals surface area contributed by atoms with Crippen LogP contribution < -0.4 is 5.32 Å². The zero-order valence-electron chi connectivity index (χ0n) is 15.7. The molecule has 2 aromatic rings. The van der Waals surface area contributed by atoms with Crippen LogP contribution in [0.5, 0.6) is 0 Å². The predicted molar refractivity (Wildman–Crippen MR) is 103 cm³/mol. The van der Waals surface area contributed by atoms with E-state index in [0.717, 1.165) is 30.5 Å². The lowest BCUT2D eigenvalue weighted by atomic mass is 9.45. The molecule has 2 unspecified atom stereocenters. The van der Waals surface area contributed by atoms with Gasteiger partial charge in [-0.15, -0.1) is 11.3 Å². The van der Waals surface area contributed by atoms with E-state index in [4.69, 9.17) is 0 Å². The first-order chi connectivity index (χ1) is 12.5. The van der Waals surface area contributed by atoms with Gasteiger partial charge in [-0.05, 0) is 54.9 Å². The number of aromatic nitrogens is 3. The minimum absolute atomic E-state index is 0.000726. The number of fused-ring (bicyclic) bond motifs is 2. The van der Waals surface area contributed by atoms with Crippen molar-refractivity contribution >= 4 is 17.2 Å². The van der Waals surface area contributed by atoms with E-state index in [1.807, 2.05) is 6.92 Å². The Morgan fingerprint density at radius 3 is 2.73 bits per heavy atom. The molecule has 0 aromatic carbocycles. The molecular weight excluding hydrogens is 344 g/mol. The van der Waals surface area contributed by atoms with Crippen LogP contribution in [-0.2, 0) is 6.42 Å². The van der Waals surface area contributed by atoms with Crippen LogP contribution in [0.15, 0.2) is 18.5 Å². The topological polar surface area (TPSA) is 67.8 Å². The first kappa shape index (κ1) is 17.6. The molecule has 5 nitrogen and oxygen atoms in total. The van der Waals surface area contributed by atoms with Crippen molar-refractivity contribution in [2.45, 2.75) is 46.5 Å². The highest BCUT2D eigenvalue weighted by molar-refractivity contribution is 7.17. The summed E-state index contributed by atoms with van der Waals surface area (Å²) in [5.41, 5.74) is 1.28. The maximum atomic E-state index is 12.8. The summed E-state index contributed by atoms with van der Waals surface area (Å²) in [7, 11) is 0. The normalized spacial score (nSPS) is 26.2. The Balaban J connectivity index is 1.46. The average molecular weight is 371 g/mol. The Kier molecular flexibility index (Phi) is 4.55. The van der Waals surface area contributed by atoms with Crippen LogP contribution in [0.1, 0.15) is 55.4 Å². The zero-order valence-corrected chi connectivity index (χ0v) is 16.5. The van der Waals surface area contributed by atoms with Crippen molar-refractivity contribution in [1.29, 1.82) is 0 Å². The Hall–Kier alpha value is -1.82. The fourth-order valence-electron chi connectivity index (χ4n) is 4.78. The van der Waals surface area contributed by atoms with Gasteiger partial charge >= 0.3 is 0 Å². The van der Waals surface area contributed by atoms with Crippen LogP contribution >= 0.6 is 11.3 Å². The highest BCUT2D eigenvalue weighted by atomic mass is 32.1. The summed E-state index contributed by atoms with van der Waals surface area (Å²) >= 11 is 1.39. The third-order valence-electron chi connectivity index (χ3n) is 6.52. The number of rotatable bonds is 5. The second-order valence-electron chi connectivity index (χ2n) is 8.13. The fraction of sp³-hybridized carbons (Fsp3) is 0.600. The summed E-state index contributed by atoms with van der Waals surface area (Å²) in [6, 6.07) is 1.78. The van der Waals surface area contributed by atoms with E-state index in [1.165, 1.54) is 30.6 Å². The molecule has 1 amide bonds. The molecule has 2 heterocycles. The molecule has 6 heteroatoms. The smallest absolute Gasteiger partial charge is 0.263 e. The van der Waals surface area contributed by atoms with E-state index in [-0.39, 0.29) is 5.91 Å². The Bertz CT molecular complexity index is 799. The summed E-state index contributed by atoms with van der Waals surface area (Å²) < 4.78 is 0. The van der Waals surface area contributed by atoms with Crippen molar-refractivity contribution in [1.82, 2.24) is 20.3 Å². The summed E-state index contributed by atoms with van der Waals surface area (Å²) in [6.45, 7) is 7.59. The third-order valence-corrected chi connectivity index (χ3v) is 7.61. The molecule has 5 rings (SSSR count). The summed E-state index contributed by atoms with van der Waals surface area (Å²) in [5, 5.41) is 3.91. The van der Waals surface area contributed by atoms with Crippen molar-refractivity contribution in [2.24, 2.45) is 23.2 Å². The van der Waals surface area contributed by atoms with Gasteiger partial charge in [0.2, 0.25) is 0 Å². The Morgan fingerprint density at radius 2 is 2.08 bits per heavy atom. The van der Waals surface area contributed by atoms with E-state index in [1.54, 1.807) is 18.5 Å². The fourth-order valence-corrected chi connectivity index (χ4v) is 5.80. The van der Waals surface area contributed by atoms with E-state index < -0.39 is 0 Å². The maximum Gasteiger partial charge on any atom is 0.263 e. The van der Waals surface area contributed by atoms with Gasteiger partial charge in [0.05, 0.1) is 5.69 Å². The molecule has 2 aromatic heterocycles. The lowest BCUT2D eigenvalue weighted by Gasteiger charge is -2.60. The minimum Gasteiger partial charge on any atom is -0.351 e. The van der Waals surface area contributed by atoms with Gasteiger partial charge < -0.3 is 5.32 Å². The van der Waals surface area contributed by atoms with Gasteiger partial charge in [0, 0.05) is 18.9 Å².